The minimum atomic E-state index is -0.664. The maximum atomic E-state index is 10.4. The standard InChI is InChI=1S/C28H46O2/c1-2-3-4-5-6-7-8-9-10-11-12-13-14-15-16-17-18-19-20-21-22-23-24-25-26-27-28(29)30/h3-4,6-7,9-10,12-13,15-16H,2,5,8,11,14,17-27H2,1H3,(H,29,30)/b4-3-,7-6-,10-9-,13-12-,16-15-. The van der Waals surface area contributed by atoms with Crippen molar-refractivity contribution in [1.29, 1.82) is 0 Å². The second kappa shape index (κ2) is 25.2. The van der Waals surface area contributed by atoms with E-state index in [1.165, 1.54) is 51.4 Å². The molecule has 0 saturated heterocycles. The van der Waals surface area contributed by atoms with Crippen molar-refractivity contribution in [2.45, 2.75) is 110 Å². The molecule has 0 saturated carbocycles. The summed E-state index contributed by atoms with van der Waals surface area (Å²) in [4.78, 5) is 10.4. The first-order chi connectivity index (χ1) is 14.8. The van der Waals surface area contributed by atoms with Crippen LogP contribution in [-0.4, -0.2) is 11.1 Å². The van der Waals surface area contributed by atoms with Gasteiger partial charge < -0.3 is 5.11 Å². The van der Waals surface area contributed by atoms with Gasteiger partial charge in [-0.3, -0.25) is 4.79 Å². The van der Waals surface area contributed by atoms with E-state index in [1.807, 2.05) is 0 Å². The van der Waals surface area contributed by atoms with Gasteiger partial charge in [0.05, 0.1) is 0 Å². The SMILES string of the molecule is CC/C=C\C/C=C\C/C=C\C/C=C\C/C=C\CCCCCCCCCCCC(=O)O. The highest BCUT2D eigenvalue weighted by atomic mass is 16.4. The molecule has 1 N–H and O–H groups in total. The number of rotatable bonds is 21. The first-order valence-electron chi connectivity index (χ1n) is 12.2. The number of carboxylic acids is 1. The van der Waals surface area contributed by atoms with Crippen LogP contribution in [0, 0.1) is 0 Å². The summed E-state index contributed by atoms with van der Waals surface area (Å²) in [6.45, 7) is 2.16. The van der Waals surface area contributed by atoms with E-state index < -0.39 is 5.97 Å². The van der Waals surface area contributed by atoms with E-state index in [1.54, 1.807) is 0 Å². The maximum absolute atomic E-state index is 10.4. The van der Waals surface area contributed by atoms with Gasteiger partial charge in [0.25, 0.3) is 0 Å². The monoisotopic (exact) mass is 414 g/mol. The molecule has 2 heteroatoms. The summed E-state index contributed by atoms with van der Waals surface area (Å²) in [5.41, 5.74) is 0. The Morgan fingerprint density at radius 3 is 1.33 bits per heavy atom. The lowest BCUT2D eigenvalue weighted by molar-refractivity contribution is -0.137. The van der Waals surface area contributed by atoms with Gasteiger partial charge in [0, 0.05) is 6.42 Å². The lowest BCUT2D eigenvalue weighted by Crippen LogP contribution is -1.93. The highest BCUT2D eigenvalue weighted by molar-refractivity contribution is 5.66. The Kier molecular flexibility index (Phi) is 23.7. The molecule has 0 bridgehead atoms. The molecule has 0 rings (SSSR count). The highest BCUT2D eigenvalue weighted by Gasteiger charge is 1.96. The fourth-order valence-corrected chi connectivity index (χ4v) is 3.14. The molecule has 0 aliphatic carbocycles. The van der Waals surface area contributed by atoms with Crippen molar-refractivity contribution in [2.24, 2.45) is 0 Å². The molecule has 0 aliphatic rings. The van der Waals surface area contributed by atoms with E-state index in [9.17, 15) is 4.79 Å². The summed E-state index contributed by atoms with van der Waals surface area (Å²) in [5, 5.41) is 8.58. The summed E-state index contributed by atoms with van der Waals surface area (Å²) in [6.07, 6.45) is 40.2. The highest BCUT2D eigenvalue weighted by Crippen LogP contribution is 2.11. The topological polar surface area (TPSA) is 37.3 Å². The van der Waals surface area contributed by atoms with Gasteiger partial charge in [0.2, 0.25) is 0 Å². The lowest BCUT2D eigenvalue weighted by Gasteiger charge is -2.01. The summed E-state index contributed by atoms with van der Waals surface area (Å²) in [5.74, 6) is -0.664. The predicted octanol–water partition coefficient (Wildman–Crippen LogP) is 9.11. The number of carbonyl (C=O) groups is 1. The molecular formula is C28H46O2. The van der Waals surface area contributed by atoms with E-state index in [0.29, 0.717) is 6.42 Å². The molecule has 0 unspecified atom stereocenters. The third-order valence-corrected chi connectivity index (χ3v) is 4.92. The lowest BCUT2D eigenvalue weighted by atomic mass is 10.1. The zero-order chi connectivity index (χ0) is 22.0. The van der Waals surface area contributed by atoms with Gasteiger partial charge in [-0.15, -0.1) is 0 Å². The maximum Gasteiger partial charge on any atom is 0.303 e. The molecule has 0 aromatic carbocycles. The van der Waals surface area contributed by atoms with Crippen molar-refractivity contribution in [3.63, 3.8) is 0 Å². The Morgan fingerprint density at radius 2 is 0.900 bits per heavy atom. The first kappa shape index (κ1) is 28.2. The molecule has 0 heterocycles. The second-order valence-corrected chi connectivity index (χ2v) is 7.82. The Hall–Kier alpha value is -1.83. The number of unbranched alkanes of at least 4 members (excludes halogenated alkanes) is 9. The van der Waals surface area contributed by atoms with Crippen LogP contribution in [0.15, 0.2) is 60.8 Å². The Bertz CT molecular complexity index is 509. The summed E-state index contributed by atoms with van der Waals surface area (Å²) < 4.78 is 0. The van der Waals surface area contributed by atoms with Crippen LogP contribution in [0.25, 0.3) is 0 Å². The fourth-order valence-electron chi connectivity index (χ4n) is 3.14. The van der Waals surface area contributed by atoms with E-state index in [0.717, 1.165) is 44.9 Å². The van der Waals surface area contributed by atoms with Gasteiger partial charge in [-0.1, -0.05) is 113 Å². The molecular weight excluding hydrogens is 368 g/mol. The van der Waals surface area contributed by atoms with Crippen LogP contribution in [0.5, 0.6) is 0 Å². The first-order valence-corrected chi connectivity index (χ1v) is 12.2. The Morgan fingerprint density at radius 1 is 0.533 bits per heavy atom. The summed E-state index contributed by atoms with van der Waals surface area (Å²) in [7, 11) is 0. The van der Waals surface area contributed by atoms with Gasteiger partial charge >= 0.3 is 5.97 Å². The van der Waals surface area contributed by atoms with E-state index >= 15 is 0 Å². The van der Waals surface area contributed by atoms with Crippen molar-refractivity contribution < 1.29 is 9.90 Å². The van der Waals surface area contributed by atoms with E-state index in [-0.39, 0.29) is 0 Å². The fraction of sp³-hybridized carbons (Fsp3) is 0.607. The van der Waals surface area contributed by atoms with E-state index in [2.05, 4.69) is 67.7 Å². The normalized spacial score (nSPS) is 12.6. The van der Waals surface area contributed by atoms with Crippen LogP contribution in [0.3, 0.4) is 0 Å². The minimum Gasteiger partial charge on any atom is -0.481 e. The molecule has 2 nitrogen and oxygen atoms in total. The Labute approximate surface area is 186 Å². The molecule has 0 amide bonds. The molecule has 0 aromatic heterocycles. The predicted molar refractivity (Wildman–Crippen MR) is 133 cm³/mol. The van der Waals surface area contributed by atoms with Crippen molar-refractivity contribution in [2.75, 3.05) is 0 Å². The Balaban J connectivity index is 3.32. The number of carboxylic acid groups (broad SMARTS) is 1. The van der Waals surface area contributed by atoms with Crippen LogP contribution < -0.4 is 0 Å². The van der Waals surface area contributed by atoms with Crippen molar-refractivity contribution in [1.82, 2.24) is 0 Å². The third kappa shape index (κ3) is 26.2. The summed E-state index contributed by atoms with van der Waals surface area (Å²) in [6, 6.07) is 0. The molecule has 0 aromatic rings. The van der Waals surface area contributed by atoms with Crippen molar-refractivity contribution >= 4 is 5.97 Å². The van der Waals surface area contributed by atoms with Gasteiger partial charge in [-0.05, 0) is 51.4 Å². The number of hydrogen-bond donors (Lipinski definition) is 1. The van der Waals surface area contributed by atoms with Crippen LogP contribution in [0.4, 0.5) is 0 Å². The molecule has 0 fully saturated rings. The second-order valence-electron chi connectivity index (χ2n) is 7.82. The zero-order valence-electron chi connectivity index (χ0n) is 19.4. The largest absolute Gasteiger partial charge is 0.481 e. The van der Waals surface area contributed by atoms with Crippen LogP contribution in [0.1, 0.15) is 110 Å². The van der Waals surface area contributed by atoms with Crippen molar-refractivity contribution in [3.8, 4) is 0 Å². The molecule has 30 heavy (non-hydrogen) atoms. The van der Waals surface area contributed by atoms with Crippen LogP contribution >= 0.6 is 0 Å². The number of allylic oxidation sites excluding steroid dienone is 10. The van der Waals surface area contributed by atoms with Crippen LogP contribution in [0.2, 0.25) is 0 Å². The van der Waals surface area contributed by atoms with Crippen molar-refractivity contribution in [3.05, 3.63) is 60.8 Å². The smallest absolute Gasteiger partial charge is 0.303 e. The molecule has 0 aliphatic heterocycles. The van der Waals surface area contributed by atoms with Gasteiger partial charge in [-0.2, -0.15) is 0 Å². The zero-order valence-corrected chi connectivity index (χ0v) is 19.4. The number of aliphatic carboxylic acids is 1. The quantitative estimate of drug-likeness (QED) is 0.150. The molecule has 0 atom stereocenters. The minimum absolute atomic E-state index is 0.329. The average molecular weight is 415 g/mol. The molecule has 0 radical (unpaired) electrons. The van der Waals surface area contributed by atoms with Gasteiger partial charge in [0.15, 0.2) is 0 Å². The third-order valence-electron chi connectivity index (χ3n) is 4.92. The molecule has 170 valence electrons. The van der Waals surface area contributed by atoms with Gasteiger partial charge in [0.1, 0.15) is 0 Å². The van der Waals surface area contributed by atoms with E-state index in [4.69, 9.17) is 5.11 Å². The van der Waals surface area contributed by atoms with Gasteiger partial charge in [-0.25, -0.2) is 0 Å². The number of hydrogen-bond acceptors (Lipinski definition) is 1. The average Bonchev–Trinajstić information content (AvgIpc) is 2.73. The summed E-state index contributed by atoms with van der Waals surface area (Å²) >= 11 is 0. The molecule has 0 spiro atoms. The van der Waals surface area contributed by atoms with Crippen LogP contribution in [-0.2, 0) is 4.79 Å².